The molecule has 0 fully saturated rings. The quantitative estimate of drug-likeness (QED) is 0.0564. The van der Waals surface area contributed by atoms with Gasteiger partial charge in [-0.1, -0.05) is 99.3 Å². The molecule has 0 bridgehead atoms. The summed E-state index contributed by atoms with van der Waals surface area (Å²) in [5, 5.41) is 0. The van der Waals surface area contributed by atoms with Gasteiger partial charge in [-0.05, 0) is 111 Å². The molecule has 4 aromatic rings. The van der Waals surface area contributed by atoms with Crippen molar-refractivity contribution >= 4 is 5.78 Å². The molecule has 0 N–H and O–H groups in total. The predicted octanol–water partition coefficient (Wildman–Crippen LogP) is 12.8. The van der Waals surface area contributed by atoms with Gasteiger partial charge in [0.1, 0.15) is 17.4 Å². The highest BCUT2D eigenvalue weighted by Gasteiger charge is 2.11. The van der Waals surface area contributed by atoms with E-state index in [4.69, 9.17) is 0 Å². The molecule has 0 atom stereocenters. The summed E-state index contributed by atoms with van der Waals surface area (Å²) >= 11 is 0. The lowest BCUT2D eigenvalue weighted by Gasteiger charge is -2.05. The van der Waals surface area contributed by atoms with Crippen LogP contribution in [0.25, 0.3) is 0 Å². The third-order valence-corrected chi connectivity index (χ3v) is 9.62. The van der Waals surface area contributed by atoms with E-state index in [-0.39, 0.29) is 33.4 Å². The number of unbranched alkanes of at least 4 members (excludes halogenated alkanes) is 10. The van der Waals surface area contributed by atoms with E-state index in [1.165, 1.54) is 50.2 Å². The minimum absolute atomic E-state index is 0.103. The van der Waals surface area contributed by atoms with Crippen LogP contribution in [-0.4, -0.2) is 5.78 Å². The van der Waals surface area contributed by atoms with Crippen molar-refractivity contribution in [3.05, 3.63) is 140 Å². The highest BCUT2D eigenvalue weighted by Crippen LogP contribution is 2.19. The third-order valence-electron chi connectivity index (χ3n) is 9.62. The maximum absolute atomic E-state index is 14.6. The molecule has 0 aliphatic rings. The number of hydrogen-bond donors (Lipinski definition) is 0. The zero-order valence-electron chi connectivity index (χ0n) is 31.3. The lowest BCUT2D eigenvalue weighted by molar-refractivity contribution is -0.119. The number of Topliss-reactive ketones (excluding diaryl/α,β-unsaturated/α-hetero) is 1. The number of ketones is 1. The lowest BCUT2D eigenvalue weighted by Crippen LogP contribution is -1.97. The van der Waals surface area contributed by atoms with Gasteiger partial charge in [-0.15, -0.1) is 0 Å². The van der Waals surface area contributed by atoms with Crippen LogP contribution in [0, 0.1) is 72.4 Å². The number of halogens is 6. The Kier molecular flexibility index (Phi) is 17.0. The molecule has 0 radical (unpaired) electrons. The van der Waals surface area contributed by atoms with Gasteiger partial charge in [-0.2, -0.15) is 0 Å². The molecule has 0 heterocycles. The largest absolute Gasteiger partial charge is 0.300 e. The molecule has 7 heteroatoms. The molecule has 54 heavy (non-hydrogen) atoms. The monoisotopic (exact) mass is 742 g/mol. The normalized spacial score (nSPS) is 10.8. The second kappa shape index (κ2) is 21.8. The Balaban J connectivity index is 0.985. The van der Waals surface area contributed by atoms with E-state index in [9.17, 15) is 31.1 Å². The fraction of sp³-hybridized carbons (Fsp3) is 0.383. The molecular weight excluding hydrogens is 695 g/mol. The zero-order chi connectivity index (χ0) is 38.9. The summed E-state index contributed by atoms with van der Waals surface area (Å²) in [7, 11) is 0. The van der Waals surface area contributed by atoms with Crippen LogP contribution in [-0.2, 0) is 17.6 Å². The topological polar surface area (TPSA) is 17.1 Å². The first-order chi connectivity index (χ1) is 26.0. The Morgan fingerprint density at radius 3 is 1.15 bits per heavy atom. The van der Waals surface area contributed by atoms with Gasteiger partial charge < -0.3 is 0 Å². The number of hydrogen-bond acceptors (Lipinski definition) is 1. The minimum Gasteiger partial charge on any atom is -0.300 e. The maximum Gasteiger partial charge on any atom is 0.174 e. The molecule has 0 aromatic heterocycles. The first kappa shape index (κ1) is 42.0. The van der Waals surface area contributed by atoms with E-state index < -0.39 is 34.9 Å². The molecule has 284 valence electrons. The Bertz CT molecular complexity index is 1870. The van der Waals surface area contributed by atoms with Crippen LogP contribution in [0.1, 0.15) is 134 Å². The molecule has 4 aromatic carbocycles. The van der Waals surface area contributed by atoms with Crippen molar-refractivity contribution in [2.75, 3.05) is 0 Å². The maximum atomic E-state index is 14.6. The van der Waals surface area contributed by atoms with Crippen molar-refractivity contribution in [2.45, 2.75) is 117 Å². The highest BCUT2D eigenvalue weighted by atomic mass is 19.2. The van der Waals surface area contributed by atoms with Gasteiger partial charge in [0.25, 0.3) is 0 Å². The molecule has 0 amide bonds. The molecule has 1 nitrogen and oxygen atoms in total. The zero-order valence-corrected chi connectivity index (χ0v) is 31.3. The molecule has 0 saturated carbocycles. The molecule has 4 rings (SSSR count). The molecular formula is C47H48F6O. The van der Waals surface area contributed by atoms with Crippen LogP contribution < -0.4 is 0 Å². The number of aryl methyl sites for hydroxylation is 4. The SMILES string of the molecule is Cc1ccc(C#Cc2ccc(CCCCCCCCC(=O)CCCCCCCCc3ccc(C#Cc4ccc(C)c(F)c4F)c(F)c3)cc2F)c(F)c1F. The Labute approximate surface area is 316 Å². The average molecular weight is 743 g/mol. The summed E-state index contributed by atoms with van der Waals surface area (Å²) in [5.74, 6) is 5.72. The fourth-order valence-corrected chi connectivity index (χ4v) is 6.23. The van der Waals surface area contributed by atoms with Crippen molar-refractivity contribution in [3.8, 4) is 23.7 Å². The van der Waals surface area contributed by atoms with E-state index in [0.717, 1.165) is 101 Å². The Hall–Kier alpha value is -4.75. The molecule has 0 aliphatic heterocycles. The van der Waals surface area contributed by atoms with Gasteiger partial charge in [-0.25, -0.2) is 26.3 Å². The van der Waals surface area contributed by atoms with Crippen LogP contribution in [0.3, 0.4) is 0 Å². The molecule has 0 saturated heterocycles. The summed E-state index contributed by atoms with van der Waals surface area (Å²) in [6.07, 6.45) is 14.8. The molecule has 0 unspecified atom stereocenters. The van der Waals surface area contributed by atoms with Gasteiger partial charge >= 0.3 is 0 Å². The van der Waals surface area contributed by atoms with Gasteiger partial charge in [0, 0.05) is 12.8 Å². The fourth-order valence-electron chi connectivity index (χ4n) is 6.23. The van der Waals surface area contributed by atoms with Gasteiger partial charge in [0.15, 0.2) is 23.3 Å². The van der Waals surface area contributed by atoms with Crippen LogP contribution in [0.4, 0.5) is 26.3 Å². The summed E-state index contributed by atoms with van der Waals surface area (Å²) < 4.78 is 84.7. The summed E-state index contributed by atoms with van der Waals surface area (Å²) in [6.45, 7) is 2.94. The van der Waals surface area contributed by atoms with E-state index in [1.807, 2.05) is 12.1 Å². The second-order valence-corrected chi connectivity index (χ2v) is 14.0. The highest BCUT2D eigenvalue weighted by molar-refractivity contribution is 5.78. The predicted molar refractivity (Wildman–Crippen MR) is 204 cm³/mol. The van der Waals surface area contributed by atoms with E-state index >= 15 is 0 Å². The van der Waals surface area contributed by atoms with Crippen LogP contribution in [0.5, 0.6) is 0 Å². The van der Waals surface area contributed by atoms with Gasteiger partial charge in [0.05, 0.1) is 22.3 Å². The Morgan fingerprint density at radius 1 is 0.426 bits per heavy atom. The van der Waals surface area contributed by atoms with Crippen LogP contribution >= 0.6 is 0 Å². The van der Waals surface area contributed by atoms with E-state index in [0.29, 0.717) is 18.6 Å². The molecule has 0 aliphatic carbocycles. The van der Waals surface area contributed by atoms with Gasteiger partial charge in [-0.3, -0.25) is 4.79 Å². The molecule has 0 spiro atoms. The first-order valence-electron chi connectivity index (χ1n) is 19.0. The number of carbonyl (C=O) groups excluding carboxylic acids is 1. The number of rotatable bonds is 18. The summed E-state index contributed by atoms with van der Waals surface area (Å²) in [6, 6.07) is 15.4. The lowest BCUT2D eigenvalue weighted by atomic mass is 10.0. The minimum atomic E-state index is -1.02. The first-order valence-corrected chi connectivity index (χ1v) is 19.0. The van der Waals surface area contributed by atoms with Crippen molar-refractivity contribution in [2.24, 2.45) is 0 Å². The number of benzene rings is 4. The van der Waals surface area contributed by atoms with E-state index in [1.54, 1.807) is 12.1 Å². The third kappa shape index (κ3) is 13.3. The Morgan fingerprint density at radius 2 is 0.759 bits per heavy atom. The van der Waals surface area contributed by atoms with E-state index in [2.05, 4.69) is 23.7 Å². The van der Waals surface area contributed by atoms with Crippen molar-refractivity contribution in [3.63, 3.8) is 0 Å². The van der Waals surface area contributed by atoms with Gasteiger partial charge in [0.2, 0.25) is 0 Å². The second-order valence-electron chi connectivity index (χ2n) is 14.0. The summed E-state index contributed by atoms with van der Waals surface area (Å²) in [4.78, 5) is 12.3. The van der Waals surface area contributed by atoms with Crippen LogP contribution in [0.2, 0.25) is 0 Å². The van der Waals surface area contributed by atoms with Crippen molar-refractivity contribution < 1.29 is 31.1 Å². The number of carbonyl (C=O) groups is 1. The summed E-state index contributed by atoms with van der Waals surface area (Å²) in [5.41, 5.74) is 2.21. The van der Waals surface area contributed by atoms with Crippen molar-refractivity contribution in [1.29, 1.82) is 0 Å². The smallest absolute Gasteiger partial charge is 0.174 e. The average Bonchev–Trinajstić information content (AvgIpc) is 3.15. The van der Waals surface area contributed by atoms with Crippen molar-refractivity contribution in [1.82, 2.24) is 0 Å². The standard InChI is InChI=1S/C47H48F6O/c1-33-19-23-39(46(52)44(33)50)29-27-37-25-21-35(31-42(37)48)15-11-7-3-5-9-13-17-41(54)18-14-10-6-4-8-12-16-36-22-26-38(43(49)32-36)28-30-40-24-20-34(2)45(51)47(40)53/h19-26,31-32H,3-18H2,1-2H3. The van der Waals surface area contributed by atoms with Crippen LogP contribution in [0.15, 0.2) is 60.7 Å².